The Morgan fingerprint density at radius 1 is 1.30 bits per heavy atom. The van der Waals surface area contributed by atoms with Crippen LogP contribution in [-0.4, -0.2) is 46.0 Å². The molecule has 30 heavy (non-hydrogen) atoms. The van der Waals surface area contributed by atoms with Crippen molar-refractivity contribution in [2.45, 2.75) is 64.5 Å². The average molecular weight is 430 g/mol. The lowest BCUT2D eigenvalue weighted by Gasteiger charge is -2.23. The van der Waals surface area contributed by atoms with Crippen LogP contribution in [0.2, 0.25) is 25.7 Å². The molecular weight excluding hydrogens is 398 g/mol. The maximum absolute atomic E-state index is 12.1. The number of ether oxygens (including phenoxy) is 1. The quantitative estimate of drug-likeness (QED) is 0.404. The van der Waals surface area contributed by atoms with Gasteiger partial charge in [0, 0.05) is 20.6 Å². The first-order chi connectivity index (χ1) is 14.2. The standard InChI is InChI=1S/C21H31N5O3Si/c1-5-6-18(21(27)28)19(13-16-7-9-17(14-22)10-8-16)20-23-24-25-26(20)15-29-11-12-30(2,3)4/h7-10,18-19H,5-6,11-13,15H2,1-4H3,(H,27,28)/t18?,19-/m0/s1. The molecule has 1 unspecified atom stereocenters. The summed E-state index contributed by atoms with van der Waals surface area (Å²) < 4.78 is 7.37. The van der Waals surface area contributed by atoms with E-state index in [-0.39, 0.29) is 6.73 Å². The second-order valence-corrected chi connectivity index (χ2v) is 14.4. The molecule has 0 radical (unpaired) electrons. The summed E-state index contributed by atoms with van der Waals surface area (Å²) in [6.07, 6.45) is 1.74. The molecule has 1 heterocycles. The van der Waals surface area contributed by atoms with Crippen LogP contribution in [0.1, 0.15) is 42.6 Å². The fraction of sp³-hybridized carbons (Fsp3) is 0.571. The first-order valence-corrected chi connectivity index (χ1v) is 14.0. The summed E-state index contributed by atoms with van der Waals surface area (Å²) >= 11 is 0. The van der Waals surface area contributed by atoms with E-state index in [1.54, 1.807) is 16.8 Å². The summed E-state index contributed by atoms with van der Waals surface area (Å²) in [5.74, 6) is -1.35. The number of carbonyl (C=O) groups is 1. The van der Waals surface area contributed by atoms with E-state index in [2.05, 4.69) is 41.2 Å². The number of rotatable bonds is 12. The average Bonchev–Trinajstić information content (AvgIpc) is 3.16. The molecule has 9 heteroatoms. The monoisotopic (exact) mass is 429 g/mol. The van der Waals surface area contributed by atoms with Crippen LogP contribution < -0.4 is 0 Å². The SMILES string of the molecule is CCCC(C(=O)O)[C@H](Cc1ccc(C#N)cc1)c1nnnn1COCC[Si](C)(C)C. The van der Waals surface area contributed by atoms with Gasteiger partial charge in [-0.05, 0) is 47.0 Å². The first kappa shape index (κ1) is 23.7. The Kier molecular flexibility index (Phi) is 8.68. The number of hydrogen-bond donors (Lipinski definition) is 1. The highest BCUT2D eigenvalue weighted by molar-refractivity contribution is 6.76. The van der Waals surface area contributed by atoms with Crippen molar-refractivity contribution in [3.63, 3.8) is 0 Å². The van der Waals surface area contributed by atoms with Gasteiger partial charge in [0.2, 0.25) is 0 Å². The van der Waals surface area contributed by atoms with Gasteiger partial charge < -0.3 is 9.84 Å². The highest BCUT2D eigenvalue weighted by Gasteiger charge is 2.33. The molecule has 0 bridgehead atoms. The summed E-state index contributed by atoms with van der Waals surface area (Å²) in [4.78, 5) is 12.1. The predicted octanol–water partition coefficient (Wildman–Crippen LogP) is 3.68. The third-order valence-corrected chi connectivity index (χ3v) is 6.75. The number of hydrogen-bond acceptors (Lipinski definition) is 6. The van der Waals surface area contributed by atoms with Gasteiger partial charge in [-0.25, -0.2) is 4.68 Å². The summed E-state index contributed by atoms with van der Waals surface area (Å²) in [6, 6.07) is 10.3. The van der Waals surface area contributed by atoms with E-state index in [0.29, 0.717) is 30.8 Å². The Morgan fingerprint density at radius 2 is 2.00 bits per heavy atom. The van der Waals surface area contributed by atoms with E-state index < -0.39 is 25.9 Å². The summed E-state index contributed by atoms with van der Waals surface area (Å²) in [6.45, 7) is 9.66. The van der Waals surface area contributed by atoms with Crippen molar-refractivity contribution in [1.82, 2.24) is 20.2 Å². The molecule has 8 nitrogen and oxygen atoms in total. The van der Waals surface area contributed by atoms with E-state index in [1.807, 2.05) is 19.1 Å². The minimum absolute atomic E-state index is 0.204. The number of carboxylic acids is 1. The molecule has 0 aliphatic rings. The third-order valence-electron chi connectivity index (χ3n) is 5.04. The molecule has 0 amide bonds. The van der Waals surface area contributed by atoms with Crippen molar-refractivity contribution in [1.29, 1.82) is 5.26 Å². The lowest BCUT2D eigenvalue weighted by Crippen LogP contribution is -2.27. The van der Waals surface area contributed by atoms with Gasteiger partial charge in [0.25, 0.3) is 0 Å². The van der Waals surface area contributed by atoms with Gasteiger partial charge in [-0.3, -0.25) is 4.79 Å². The van der Waals surface area contributed by atoms with Gasteiger partial charge in [0.05, 0.1) is 17.6 Å². The molecule has 1 aromatic heterocycles. The second kappa shape index (κ2) is 11.0. The van der Waals surface area contributed by atoms with Crippen LogP contribution in [0.3, 0.4) is 0 Å². The molecule has 0 aliphatic heterocycles. The first-order valence-electron chi connectivity index (χ1n) is 10.3. The number of nitrogens with zero attached hydrogens (tertiary/aromatic N) is 5. The largest absolute Gasteiger partial charge is 0.481 e. The maximum Gasteiger partial charge on any atom is 0.307 e. The smallest absolute Gasteiger partial charge is 0.307 e. The van der Waals surface area contributed by atoms with E-state index >= 15 is 0 Å². The number of aliphatic carboxylic acids is 1. The fourth-order valence-corrected chi connectivity index (χ4v) is 4.05. The molecule has 2 aromatic rings. The molecule has 2 atom stereocenters. The molecule has 0 saturated carbocycles. The summed E-state index contributed by atoms with van der Waals surface area (Å²) in [7, 11) is -1.20. The molecule has 2 rings (SSSR count). The Hall–Kier alpha value is -2.57. The minimum atomic E-state index is -1.20. The number of carboxylic acid groups (broad SMARTS) is 1. The molecule has 1 N–H and O–H groups in total. The zero-order chi connectivity index (χ0) is 22.1. The highest BCUT2D eigenvalue weighted by atomic mass is 28.3. The summed E-state index contributed by atoms with van der Waals surface area (Å²) in [5.41, 5.74) is 1.51. The minimum Gasteiger partial charge on any atom is -0.481 e. The fourth-order valence-electron chi connectivity index (χ4n) is 3.29. The number of nitriles is 1. The molecule has 0 fully saturated rings. The Balaban J connectivity index is 2.25. The van der Waals surface area contributed by atoms with Crippen molar-refractivity contribution in [2.24, 2.45) is 5.92 Å². The van der Waals surface area contributed by atoms with Crippen LogP contribution in [0.15, 0.2) is 24.3 Å². The lowest BCUT2D eigenvalue weighted by molar-refractivity contribution is -0.143. The van der Waals surface area contributed by atoms with Crippen molar-refractivity contribution in [3.05, 3.63) is 41.2 Å². The lowest BCUT2D eigenvalue weighted by atomic mass is 9.83. The zero-order valence-corrected chi connectivity index (χ0v) is 19.2. The molecule has 162 valence electrons. The van der Waals surface area contributed by atoms with Crippen LogP contribution >= 0.6 is 0 Å². The highest BCUT2D eigenvalue weighted by Crippen LogP contribution is 2.31. The number of benzene rings is 1. The Morgan fingerprint density at radius 3 is 2.57 bits per heavy atom. The van der Waals surface area contributed by atoms with E-state index in [0.717, 1.165) is 18.0 Å². The maximum atomic E-state index is 12.1. The normalized spacial score (nSPS) is 13.6. The zero-order valence-electron chi connectivity index (χ0n) is 18.2. The van der Waals surface area contributed by atoms with Crippen molar-refractivity contribution in [3.8, 4) is 6.07 Å². The predicted molar refractivity (Wildman–Crippen MR) is 116 cm³/mol. The Labute approximate surface area is 178 Å². The van der Waals surface area contributed by atoms with Crippen LogP contribution in [0.4, 0.5) is 0 Å². The van der Waals surface area contributed by atoms with Crippen molar-refractivity contribution >= 4 is 14.0 Å². The topological polar surface area (TPSA) is 114 Å². The van der Waals surface area contributed by atoms with Crippen LogP contribution in [0.25, 0.3) is 0 Å². The molecule has 0 saturated heterocycles. The summed E-state index contributed by atoms with van der Waals surface area (Å²) in [5, 5.41) is 30.9. The van der Waals surface area contributed by atoms with Gasteiger partial charge in [0.1, 0.15) is 6.73 Å². The second-order valence-electron chi connectivity index (χ2n) is 8.74. The van der Waals surface area contributed by atoms with Gasteiger partial charge >= 0.3 is 5.97 Å². The van der Waals surface area contributed by atoms with Crippen LogP contribution in [0, 0.1) is 17.2 Å². The van der Waals surface area contributed by atoms with E-state index in [1.165, 1.54) is 0 Å². The van der Waals surface area contributed by atoms with Crippen molar-refractivity contribution in [2.75, 3.05) is 6.61 Å². The van der Waals surface area contributed by atoms with Gasteiger partial charge in [0.15, 0.2) is 5.82 Å². The van der Waals surface area contributed by atoms with Gasteiger partial charge in [-0.15, -0.1) is 5.10 Å². The molecular formula is C21H31N5O3Si. The van der Waals surface area contributed by atoms with Crippen LogP contribution in [0.5, 0.6) is 0 Å². The molecule has 0 aliphatic carbocycles. The van der Waals surface area contributed by atoms with Gasteiger partial charge in [-0.2, -0.15) is 5.26 Å². The number of tetrazole rings is 1. The number of aromatic nitrogens is 4. The van der Waals surface area contributed by atoms with Crippen molar-refractivity contribution < 1.29 is 14.6 Å². The van der Waals surface area contributed by atoms with E-state index in [4.69, 9.17) is 10.00 Å². The molecule has 0 spiro atoms. The molecule has 1 aromatic carbocycles. The van der Waals surface area contributed by atoms with Gasteiger partial charge in [-0.1, -0.05) is 45.1 Å². The Bertz CT molecular complexity index is 855. The van der Waals surface area contributed by atoms with E-state index in [9.17, 15) is 9.90 Å². The third kappa shape index (κ3) is 7.04. The van der Waals surface area contributed by atoms with Crippen LogP contribution in [-0.2, 0) is 22.7 Å².